The minimum atomic E-state index is -3.53. The van der Waals surface area contributed by atoms with E-state index in [2.05, 4.69) is 15.3 Å². The smallest absolute Gasteiger partial charge is 0.202 e. The second kappa shape index (κ2) is 4.70. The van der Waals surface area contributed by atoms with Gasteiger partial charge in [0, 0.05) is 6.54 Å². The number of aromatic nitrogens is 2. The maximum Gasteiger partial charge on any atom is 0.202 e. The second-order valence-corrected chi connectivity index (χ2v) is 6.97. The molecule has 5 nitrogen and oxygen atoms in total. The van der Waals surface area contributed by atoms with Crippen molar-refractivity contribution in [3.05, 3.63) is 29.4 Å². The standard InChI is InChI=1S/C12H12ClN3O2S/c13-11-12(19(17,18)8-5-6-14-7-8)16-10-4-2-1-3-9(10)15-11/h1-4,8,14H,5-7H2. The number of nitrogens with zero attached hydrogens (tertiary/aromatic N) is 2. The van der Waals surface area contributed by atoms with Crippen LogP contribution in [-0.4, -0.2) is 36.7 Å². The molecule has 0 amide bonds. The average Bonchev–Trinajstić information content (AvgIpc) is 2.92. The first-order chi connectivity index (χ1) is 9.09. The maximum absolute atomic E-state index is 12.5. The molecular weight excluding hydrogens is 286 g/mol. The van der Waals surface area contributed by atoms with Crippen molar-refractivity contribution in [2.24, 2.45) is 0 Å². The predicted octanol–water partition coefficient (Wildman–Crippen LogP) is 1.42. The molecule has 1 unspecified atom stereocenters. The largest absolute Gasteiger partial charge is 0.315 e. The van der Waals surface area contributed by atoms with E-state index in [4.69, 9.17) is 11.6 Å². The average molecular weight is 298 g/mol. The lowest BCUT2D eigenvalue weighted by Gasteiger charge is -2.11. The molecule has 0 spiro atoms. The van der Waals surface area contributed by atoms with Crippen LogP contribution in [0.4, 0.5) is 0 Å². The molecule has 1 aromatic carbocycles. The predicted molar refractivity (Wildman–Crippen MR) is 73.0 cm³/mol. The highest BCUT2D eigenvalue weighted by Crippen LogP contribution is 2.26. The first kappa shape index (κ1) is 12.8. The van der Waals surface area contributed by atoms with Gasteiger partial charge in [-0.15, -0.1) is 0 Å². The molecule has 0 radical (unpaired) electrons. The quantitative estimate of drug-likeness (QED) is 0.907. The molecule has 100 valence electrons. The van der Waals surface area contributed by atoms with Gasteiger partial charge in [-0.05, 0) is 25.1 Å². The number of hydrogen-bond donors (Lipinski definition) is 1. The third kappa shape index (κ3) is 2.20. The van der Waals surface area contributed by atoms with E-state index in [9.17, 15) is 8.42 Å². The summed E-state index contributed by atoms with van der Waals surface area (Å²) in [5.41, 5.74) is 1.13. The molecule has 7 heteroatoms. The van der Waals surface area contributed by atoms with Crippen molar-refractivity contribution in [1.29, 1.82) is 0 Å². The van der Waals surface area contributed by atoms with E-state index < -0.39 is 15.1 Å². The Kier molecular flexibility index (Phi) is 3.16. The molecule has 0 aliphatic carbocycles. The van der Waals surface area contributed by atoms with E-state index in [-0.39, 0.29) is 10.2 Å². The van der Waals surface area contributed by atoms with E-state index in [0.717, 1.165) is 0 Å². The van der Waals surface area contributed by atoms with Crippen LogP contribution in [0, 0.1) is 0 Å². The van der Waals surface area contributed by atoms with Crippen molar-refractivity contribution in [3.63, 3.8) is 0 Å². The Bertz CT molecular complexity index is 727. The topological polar surface area (TPSA) is 72.0 Å². The fourth-order valence-corrected chi connectivity index (χ4v) is 4.24. The summed E-state index contributed by atoms with van der Waals surface area (Å²) in [7, 11) is -3.53. The Balaban J connectivity index is 2.16. The van der Waals surface area contributed by atoms with Crippen molar-refractivity contribution in [2.45, 2.75) is 16.7 Å². The van der Waals surface area contributed by atoms with Crippen LogP contribution in [0.5, 0.6) is 0 Å². The van der Waals surface area contributed by atoms with Gasteiger partial charge in [0.1, 0.15) is 0 Å². The van der Waals surface area contributed by atoms with Crippen LogP contribution in [0.15, 0.2) is 29.3 Å². The molecule has 2 aromatic rings. The SMILES string of the molecule is O=S(=O)(c1nc2ccccc2nc1Cl)C1CCNC1. The van der Waals surface area contributed by atoms with Crippen LogP contribution in [0.25, 0.3) is 11.0 Å². The molecule has 3 rings (SSSR count). The Morgan fingerprint density at radius 1 is 1.21 bits per heavy atom. The Morgan fingerprint density at radius 2 is 1.89 bits per heavy atom. The fourth-order valence-electron chi connectivity index (χ4n) is 2.19. The highest BCUT2D eigenvalue weighted by molar-refractivity contribution is 7.92. The number of nitrogens with one attached hydrogen (secondary N) is 1. The minimum absolute atomic E-state index is 0.0504. The van der Waals surface area contributed by atoms with Crippen molar-refractivity contribution in [2.75, 3.05) is 13.1 Å². The van der Waals surface area contributed by atoms with Gasteiger partial charge in [-0.3, -0.25) is 0 Å². The number of hydrogen-bond acceptors (Lipinski definition) is 5. The number of rotatable bonds is 2. The van der Waals surface area contributed by atoms with Crippen LogP contribution >= 0.6 is 11.6 Å². The minimum Gasteiger partial charge on any atom is -0.315 e. The summed E-state index contributed by atoms with van der Waals surface area (Å²) in [5, 5.41) is 2.40. The van der Waals surface area contributed by atoms with E-state index >= 15 is 0 Å². The summed E-state index contributed by atoms with van der Waals surface area (Å²) in [6.45, 7) is 1.13. The molecule has 1 aliphatic rings. The summed E-state index contributed by atoms with van der Waals surface area (Å²) in [5.74, 6) is 0. The molecule has 0 saturated carbocycles. The zero-order valence-electron chi connectivity index (χ0n) is 10.0. The summed E-state index contributed by atoms with van der Waals surface area (Å²) in [6.07, 6.45) is 0.577. The number of benzene rings is 1. The summed E-state index contributed by atoms with van der Waals surface area (Å²) < 4.78 is 24.9. The third-order valence-corrected chi connectivity index (χ3v) is 5.70. The van der Waals surface area contributed by atoms with E-state index in [0.29, 0.717) is 30.5 Å². The molecule has 2 heterocycles. The van der Waals surface area contributed by atoms with Gasteiger partial charge in [0.25, 0.3) is 0 Å². The van der Waals surface area contributed by atoms with E-state index in [1.54, 1.807) is 18.2 Å². The molecule has 1 N–H and O–H groups in total. The van der Waals surface area contributed by atoms with Crippen molar-refractivity contribution in [1.82, 2.24) is 15.3 Å². The lowest BCUT2D eigenvalue weighted by Crippen LogP contribution is -2.25. The molecule has 1 atom stereocenters. The summed E-state index contributed by atoms with van der Waals surface area (Å²) in [4.78, 5) is 8.30. The monoisotopic (exact) mass is 297 g/mol. The highest BCUT2D eigenvalue weighted by atomic mass is 35.5. The van der Waals surface area contributed by atoms with Crippen LogP contribution in [0.2, 0.25) is 5.15 Å². The van der Waals surface area contributed by atoms with Gasteiger partial charge in [0.15, 0.2) is 10.2 Å². The normalized spacial score (nSPS) is 19.9. The van der Waals surface area contributed by atoms with E-state index in [1.165, 1.54) is 0 Å². The first-order valence-corrected chi connectivity index (χ1v) is 7.88. The van der Waals surface area contributed by atoms with Gasteiger partial charge in [-0.1, -0.05) is 23.7 Å². The lowest BCUT2D eigenvalue weighted by molar-refractivity contribution is 0.579. The molecular formula is C12H12ClN3O2S. The molecule has 19 heavy (non-hydrogen) atoms. The maximum atomic E-state index is 12.5. The molecule has 1 saturated heterocycles. The zero-order valence-corrected chi connectivity index (χ0v) is 11.6. The van der Waals surface area contributed by atoms with Crippen LogP contribution < -0.4 is 5.32 Å². The zero-order chi connectivity index (χ0) is 13.5. The van der Waals surface area contributed by atoms with Gasteiger partial charge in [-0.25, -0.2) is 18.4 Å². The number of fused-ring (bicyclic) bond motifs is 1. The fraction of sp³-hybridized carbons (Fsp3) is 0.333. The molecule has 1 fully saturated rings. The second-order valence-electron chi connectivity index (χ2n) is 4.47. The van der Waals surface area contributed by atoms with Gasteiger partial charge in [0.2, 0.25) is 9.84 Å². The van der Waals surface area contributed by atoms with Gasteiger partial charge >= 0.3 is 0 Å². The molecule has 1 aliphatic heterocycles. The molecule has 1 aromatic heterocycles. The van der Waals surface area contributed by atoms with Crippen molar-refractivity contribution >= 4 is 32.5 Å². The van der Waals surface area contributed by atoms with Gasteiger partial charge < -0.3 is 5.32 Å². The summed E-state index contributed by atoms with van der Waals surface area (Å²) in [6, 6.07) is 7.08. The van der Waals surface area contributed by atoms with Gasteiger partial charge in [0.05, 0.1) is 16.3 Å². The number of sulfone groups is 1. The highest BCUT2D eigenvalue weighted by Gasteiger charge is 2.33. The van der Waals surface area contributed by atoms with Crippen molar-refractivity contribution < 1.29 is 8.42 Å². The Morgan fingerprint density at radius 3 is 2.53 bits per heavy atom. The third-order valence-electron chi connectivity index (χ3n) is 3.22. The number of halogens is 1. The van der Waals surface area contributed by atoms with Crippen LogP contribution in [-0.2, 0) is 9.84 Å². The van der Waals surface area contributed by atoms with Crippen molar-refractivity contribution in [3.8, 4) is 0 Å². The molecule has 0 bridgehead atoms. The first-order valence-electron chi connectivity index (χ1n) is 5.96. The van der Waals surface area contributed by atoms with Gasteiger partial charge in [-0.2, -0.15) is 0 Å². The number of para-hydroxylation sites is 2. The van der Waals surface area contributed by atoms with Crippen LogP contribution in [0.3, 0.4) is 0 Å². The Labute approximate surface area is 115 Å². The van der Waals surface area contributed by atoms with E-state index in [1.807, 2.05) is 6.07 Å². The lowest BCUT2D eigenvalue weighted by atomic mass is 10.3. The summed E-state index contributed by atoms with van der Waals surface area (Å²) >= 11 is 5.99. The van der Waals surface area contributed by atoms with Crippen LogP contribution in [0.1, 0.15) is 6.42 Å². The Hall–Kier alpha value is -1.24.